The van der Waals surface area contributed by atoms with Crippen molar-refractivity contribution in [2.45, 2.75) is 24.8 Å². The molecule has 1 aliphatic heterocycles. The topological polar surface area (TPSA) is 45.0 Å². The van der Waals surface area contributed by atoms with Crippen molar-refractivity contribution in [3.8, 4) is 6.07 Å². The lowest BCUT2D eigenvalue weighted by Crippen LogP contribution is -2.42. The first-order valence-electron chi connectivity index (χ1n) is 8.25. The maximum atomic E-state index is 13.7. The predicted octanol–water partition coefficient (Wildman–Crippen LogP) is 3.96. The molecule has 0 spiro atoms. The van der Waals surface area contributed by atoms with Gasteiger partial charge in [-0.15, -0.1) is 12.4 Å². The van der Waals surface area contributed by atoms with Gasteiger partial charge in [-0.05, 0) is 48.2 Å². The predicted molar refractivity (Wildman–Crippen MR) is 98.2 cm³/mol. The zero-order chi connectivity index (χ0) is 16.8. The Hall–Kier alpha value is -1.93. The summed E-state index contributed by atoms with van der Waals surface area (Å²) in [6.45, 7) is 2.84. The van der Waals surface area contributed by atoms with Crippen LogP contribution in [0.15, 0.2) is 48.5 Å². The van der Waals surface area contributed by atoms with Gasteiger partial charge in [0, 0.05) is 31.7 Å². The Bertz CT molecular complexity index is 738. The molecule has 0 bridgehead atoms. The summed E-state index contributed by atoms with van der Waals surface area (Å²) in [4.78, 5) is 0. The highest BCUT2D eigenvalue weighted by molar-refractivity contribution is 5.85. The molecule has 1 saturated heterocycles. The minimum absolute atomic E-state index is 0. The van der Waals surface area contributed by atoms with Crippen molar-refractivity contribution in [3.05, 3.63) is 71.0 Å². The van der Waals surface area contributed by atoms with Crippen LogP contribution in [-0.4, -0.2) is 19.8 Å². The Morgan fingerprint density at radius 3 is 2.60 bits per heavy atom. The molecule has 5 heteroatoms. The molecule has 3 rings (SSSR count). The van der Waals surface area contributed by atoms with Crippen LogP contribution in [0.2, 0.25) is 0 Å². The van der Waals surface area contributed by atoms with Crippen LogP contribution in [-0.2, 0) is 16.7 Å². The Morgan fingerprint density at radius 1 is 1.12 bits per heavy atom. The number of nitrogens with one attached hydrogen (secondary N) is 1. The fourth-order valence-electron chi connectivity index (χ4n) is 3.34. The third-order valence-corrected chi connectivity index (χ3v) is 4.74. The van der Waals surface area contributed by atoms with Crippen molar-refractivity contribution in [1.82, 2.24) is 5.32 Å². The van der Waals surface area contributed by atoms with Crippen LogP contribution in [0.25, 0.3) is 0 Å². The van der Waals surface area contributed by atoms with Gasteiger partial charge in [0.05, 0.1) is 11.6 Å². The van der Waals surface area contributed by atoms with E-state index < -0.39 is 0 Å². The Balaban J connectivity index is 0.00000225. The molecule has 0 atom stereocenters. The molecule has 3 nitrogen and oxygen atoms in total. The van der Waals surface area contributed by atoms with Crippen molar-refractivity contribution in [3.63, 3.8) is 0 Å². The average Bonchev–Trinajstić information content (AvgIpc) is 2.63. The Kier molecular flexibility index (Phi) is 6.95. The van der Waals surface area contributed by atoms with Crippen LogP contribution in [0.3, 0.4) is 0 Å². The number of benzene rings is 2. The largest absolute Gasteiger partial charge is 0.381 e. The molecule has 1 N–H and O–H groups in total. The van der Waals surface area contributed by atoms with E-state index in [0.717, 1.165) is 30.5 Å². The van der Waals surface area contributed by atoms with E-state index in [1.165, 1.54) is 6.07 Å². The molecule has 132 valence electrons. The summed E-state index contributed by atoms with van der Waals surface area (Å²) in [5.41, 5.74) is 2.67. The van der Waals surface area contributed by atoms with E-state index in [2.05, 4.69) is 11.4 Å². The summed E-state index contributed by atoms with van der Waals surface area (Å²) >= 11 is 0. The number of hydrogen-bond donors (Lipinski definition) is 1. The van der Waals surface area contributed by atoms with Crippen molar-refractivity contribution >= 4 is 12.4 Å². The Labute approximate surface area is 154 Å². The highest BCUT2D eigenvalue weighted by Crippen LogP contribution is 2.34. The van der Waals surface area contributed by atoms with Gasteiger partial charge in [0.15, 0.2) is 0 Å². The highest BCUT2D eigenvalue weighted by Gasteiger charge is 2.34. The van der Waals surface area contributed by atoms with Gasteiger partial charge in [-0.2, -0.15) is 5.26 Å². The van der Waals surface area contributed by atoms with Gasteiger partial charge >= 0.3 is 0 Å². The molecule has 0 radical (unpaired) electrons. The molecule has 0 aromatic heterocycles. The van der Waals surface area contributed by atoms with Gasteiger partial charge in [-0.25, -0.2) is 4.39 Å². The van der Waals surface area contributed by atoms with E-state index in [4.69, 9.17) is 10.00 Å². The summed E-state index contributed by atoms with van der Waals surface area (Å²) in [6.07, 6.45) is 1.75. The van der Waals surface area contributed by atoms with Crippen molar-refractivity contribution in [2.75, 3.05) is 19.8 Å². The van der Waals surface area contributed by atoms with E-state index in [1.54, 1.807) is 18.2 Å². The molecule has 1 heterocycles. The molecule has 25 heavy (non-hydrogen) atoms. The van der Waals surface area contributed by atoms with Crippen LogP contribution in [0.1, 0.15) is 29.5 Å². The first-order chi connectivity index (χ1) is 11.7. The first kappa shape index (κ1) is 19.4. The van der Waals surface area contributed by atoms with Crippen molar-refractivity contribution < 1.29 is 9.13 Å². The number of hydrogen-bond acceptors (Lipinski definition) is 3. The Morgan fingerprint density at radius 2 is 1.88 bits per heavy atom. The van der Waals surface area contributed by atoms with Crippen molar-refractivity contribution in [2.24, 2.45) is 0 Å². The summed E-state index contributed by atoms with van der Waals surface area (Å²) in [6, 6.07) is 16.7. The van der Waals surface area contributed by atoms with Crippen LogP contribution >= 0.6 is 12.4 Å². The SMILES string of the molecule is Cl.N#Cc1cccc(CNCC2(c3cccc(F)c3)CCOCC2)c1. The third-order valence-electron chi connectivity index (χ3n) is 4.74. The summed E-state index contributed by atoms with van der Waals surface area (Å²) in [5.74, 6) is -0.194. The van der Waals surface area contributed by atoms with Crippen LogP contribution in [0.5, 0.6) is 0 Å². The van der Waals surface area contributed by atoms with Crippen molar-refractivity contribution in [1.29, 1.82) is 5.26 Å². The fourth-order valence-corrected chi connectivity index (χ4v) is 3.34. The minimum atomic E-state index is -0.194. The summed E-state index contributed by atoms with van der Waals surface area (Å²) < 4.78 is 19.2. The smallest absolute Gasteiger partial charge is 0.123 e. The van der Waals surface area contributed by atoms with Crippen LogP contribution in [0.4, 0.5) is 4.39 Å². The minimum Gasteiger partial charge on any atom is -0.381 e. The molecule has 0 unspecified atom stereocenters. The summed E-state index contributed by atoms with van der Waals surface area (Å²) in [5, 5.41) is 12.5. The molecule has 2 aromatic carbocycles. The number of nitriles is 1. The molecule has 0 aliphatic carbocycles. The second-order valence-electron chi connectivity index (χ2n) is 6.32. The molecule has 0 amide bonds. The fraction of sp³-hybridized carbons (Fsp3) is 0.350. The second-order valence-corrected chi connectivity index (χ2v) is 6.32. The number of halogens is 2. The van der Waals surface area contributed by atoms with Crippen LogP contribution < -0.4 is 5.32 Å². The molecule has 2 aromatic rings. The lowest BCUT2D eigenvalue weighted by molar-refractivity contribution is 0.0497. The zero-order valence-corrected chi connectivity index (χ0v) is 14.8. The zero-order valence-electron chi connectivity index (χ0n) is 14.0. The molecular weight excluding hydrogens is 339 g/mol. The normalized spacial score (nSPS) is 15.8. The molecular formula is C20H22ClFN2O. The van der Waals surface area contributed by atoms with E-state index in [1.807, 2.05) is 24.3 Å². The maximum Gasteiger partial charge on any atom is 0.123 e. The van der Waals surface area contributed by atoms with Gasteiger partial charge in [-0.3, -0.25) is 0 Å². The number of rotatable bonds is 5. The van der Waals surface area contributed by atoms with E-state index in [0.29, 0.717) is 25.3 Å². The first-order valence-corrected chi connectivity index (χ1v) is 8.25. The van der Waals surface area contributed by atoms with Gasteiger partial charge in [0.2, 0.25) is 0 Å². The van der Waals surface area contributed by atoms with E-state index >= 15 is 0 Å². The average molecular weight is 361 g/mol. The monoisotopic (exact) mass is 360 g/mol. The van der Waals surface area contributed by atoms with E-state index in [-0.39, 0.29) is 23.6 Å². The quantitative estimate of drug-likeness (QED) is 0.877. The van der Waals surface area contributed by atoms with Crippen LogP contribution in [0, 0.1) is 17.1 Å². The van der Waals surface area contributed by atoms with E-state index in [9.17, 15) is 4.39 Å². The number of ether oxygens (including phenoxy) is 1. The molecule has 1 fully saturated rings. The summed E-state index contributed by atoms with van der Waals surface area (Å²) in [7, 11) is 0. The standard InChI is InChI=1S/C20H21FN2O.ClH/c21-19-6-2-5-18(12-19)20(7-9-24-10-8-20)15-23-14-17-4-1-3-16(11-17)13-22;/h1-6,11-12,23H,7-10,14-15H2;1H. The molecule has 0 saturated carbocycles. The van der Waals surface area contributed by atoms with Gasteiger partial charge < -0.3 is 10.1 Å². The maximum absolute atomic E-state index is 13.7. The third kappa shape index (κ3) is 4.79. The highest BCUT2D eigenvalue weighted by atomic mass is 35.5. The lowest BCUT2D eigenvalue weighted by atomic mass is 9.74. The van der Waals surface area contributed by atoms with Gasteiger partial charge in [-0.1, -0.05) is 24.3 Å². The second kappa shape index (κ2) is 8.96. The van der Waals surface area contributed by atoms with Gasteiger partial charge in [0.1, 0.15) is 5.82 Å². The lowest BCUT2D eigenvalue weighted by Gasteiger charge is -2.38. The van der Waals surface area contributed by atoms with Gasteiger partial charge in [0.25, 0.3) is 0 Å². The number of nitrogens with zero attached hydrogens (tertiary/aromatic N) is 1. The molecule has 1 aliphatic rings.